The zero-order valence-electron chi connectivity index (χ0n) is 12.4. The molecule has 2 rings (SSSR count). The monoisotopic (exact) mass is 265 g/mol. The first-order chi connectivity index (χ1) is 9.20. The molecule has 1 aliphatic carbocycles. The Morgan fingerprint density at radius 2 is 2.42 bits per heavy atom. The van der Waals surface area contributed by atoms with Gasteiger partial charge in [-0.05, 0) is 44.9 Å². The van der Waals surface area contributed by atoms with Crippen LogP contribution in [0, 0.1) is 5.92 Å². The molecule has 0 saturated heterocycles. The predicted molar refractivity (Wildman–Crippen MR) is 77.2 cm³/mol. The Bertz CT molecular complexity index is 359. The van der Waals surface area contributed by atoms with Gasteiger partial charge in [0.2, 0.25) is 0 Å². The van der Waals surface area contributed by atoms with Crippen molar-refractivity contribution >= 4 is 0 Å². The Balaban J connectivity index is 2.14. The normalized spacial score (nSPS) is 29.3. The summed E-state index contributed by atoms with van der Waals surface area (Å²) in [5.41, 5.74) is -0.0338. The van der Waals surface area contributed by atoms with Crippen molar-refractivity contribution in [2.24, 2.45) is 5.92 Å². The van der Waals surface area contributed by atoms with Crippen LogP contribution in [-0.2, 0) is 11.2 Å². The summed E-state index contributed by atoms with van der Waals surface area (Å²) >= 11 is 0. The Kier molecular flexibility index (Phi) is 5.06. The van der Waals surface area contributed by atoms with Gasteiger partial charge in [0.25, 0.3) is 0 Å². The molecule has 19 heavy (non-hydrogen) atoms. The van der Waals surface area contributed by atoms with E-state index in [1.165, 1.54) is 12.8 Å². The highest BCUT2D eigenvalue weighted by molar-refractivity contribution is 5.06. The van der Waals surface area contributed by atoms with E-state index in [9.17, 15) is 0 Å². The molecule has 0 bridgehead atoms. The molecular weight excluding hydrogens is 238 g/mol. The van der Waals surface area contributed by atoms with Gasteiger partial charge in [0.15, 0.2) is 0 Å². The number of rotatable bonds is 6. The van der Waals surface area contributed by atoms with Crippen molar-refractivity contribution in [3.63, 3.8) is 0 Å². The average Bonchev–Trinajstić information content (AvgIpc) is 2.89. The number of likely N-dealkylation sites (N-methyl/N-ethyl adjacent to an activating group) is 1. The van der Waals surface area contributed by atoms with Gasteiger partial charge in [-0.1, -0.05) is 19.8 Å². The summed E-state index contributed by atoms with van der Waals surface area (Å²) in [5, 5.41) is 3.47. The first-order valence-electron chi connectivity index (χ1n) is 7.54. The van der Waals surface area contributed by atoms with E-state index in [0.29, 0.717) is 6.04 Å². The molecule has 1 fully saturated rings. The Hall–Kier alpha value is -0.800. The van der Waals surface area contributed by atoms with Crippen LogP contribution in [0.15, 0.2) is 22.8 Å². The topological polar surface area (TPSA) is 34.4 Å². The second kappa shape index (κ2) is 6.58. The fourth-order valence-corrected chi connectivity index (χ4v) is 3.56. The molecule has 1 N–H and O–H groups in total. The summed E-state index contributed by atoms with van der Waals surface area (Å²) in [6.07, 6.45) is 7.53. The number of nitrogens with one attached hydrogen (secondary N) is 1. The van der Waals surface area contributed by atoms with Crippen molar-refractivity contribution in [1.82, 2.24) is 5.32 Å². The van der Waals surface area contributed by atoms with Gasteiger partial charge in [0.1, 0.15) is 5.76 Å². The highest BCUT2D eigenvalue weighted by atomic mass is 16.5. The van der Waals surface area contributed by atoms with E-state index in [2.05, 4.69) is 25.2 Å². The van der Waals surface area contributed by atoms with Crippen molar-refractivity contribution in [2.45, 2.75) is 57.6 Å². The molecule has 0 amide bonds. The van der Waals surface area contributed by atoms with Crippen molar-refractivity contribution in [1.29, 1.82) is 0 Å². The lowest BCUT2D eigenvalue weighted by atomic mass is 9.73. The predicted octanol–water partition coefficient (Wildman–Crippen LogP) is 3.40. The molecule has 0 aliphatic heterocycles. The van der Waals surface area contributed by atoms with Crippen molar-refractivity contribution in [3.05, 3.63) is 24.2 Å². The summed E-state index contributed by atoms with van der Waals surface area (Å²) in [4.78, 5) is 0. The van der Waals surface area contributed by atoms with Crippen LogP contribution < -0.4 is 5.32 Å². The fourth-order valence-electron chi connectivity index (χ4n) is 3.56. The summed E-state index contributed by atoms with van der Waals surface area (Å²) in [6.45, 7) is 5.22. The SMILES string of the molecule is CCOC1(C(Cc2ccco2)NC)CCCC(C)C1. The minimum Gasteiger partial charge on any atom is -0.469 e. The fraction of sp³-hybridized carbons (Fsp3) is 0.750. The minimum atomic E-state index is -0.0338. The van der Waals surface area contributed by atoms with Gasteiger partial charge >= 0.3 is 0 Å². The second-order valence-electron chi connectivity index (χ2n) is 5.82. The molecule has 0 spiro atoms. The van der Waals surface area contributed by atoms with Gasteiger partial charge in [-0.25, -0.2) is 0 Å². The van der Waals surface area contributed by atoms with Crippen LogP contribution in [0.25, 0.3) is 0 Å². The smallest absolute Gasteiger partial charge is 0.105 e. The minimum absolute atomic E-state index is 0.0338. The molecule has 1 aromatic rings. The Morgan fingerprint density at radius 3 is 3.00 bits per heavy atom. The largest absolute Gasteiger partial charge is 0.469 e. The molecule has 1 aliphatic rings. The molecule has 3 unspecified atom stereocenters. The quantitative estimate of drug-likeness (QED) is 0.856. The van der Waals surface area contributed by atoms with Gasteiger partial charge in [0.05, 0.1) is 11.9 Å². The second-order valence-corrected chi connectivity index (χ2v) is 5.82. The van der Waals surface area contributed by atoms with Gasteiger partial charge < -0.3 is 14.5 Å². The molecule has 3 atom stereocenters. The summed E-state index contributed by atoms with van der Waals surface area (Å²) < 4.78 is 11.7. The number of hydrogen-bond donors (Lipinski definition) is 1. The summed E-state index contributed by atoms with van der Waals surface area (Å²) in [6, 6.07) is 4.33. The van der Waals surface area contributed by atoms with E-state index >= 15 is 0 Å². The summed E-state index contributed by atoms with van der Waals surface area (Å²) in [7, 11) is 2.04. The number of ether oxygens (including phenoxy) is 1. The highest BCUT2D eigenvalue weighted by Gasteiger charge is 2.42. The highest BCUT2D eigenvalue weighted by Crippen LogP contribution is 2.38. The van der Waals surface area contributed by atoms with Crippen molar-refractivity contribution in [3.8, 4) is 0 Å². The van der Waals surface area contributed by atoms with Crippen molar-refractivity contribution in [2.75, 3.05) is 13.7 Å². The van der Waals surface area contributed by atoms with Gasteiger partial charge in [-0.3, -0.25) is 0 Å². The molecule has 1 aromatic heterocycles. The van der Waals surface area contributed by atoms with Crippen LogP contribution in [0.1, 0.15) is 45.3 Å². The van der Waals surface area contributed by atoms with Crippen LogP contribution in [-0.4, -0.2) is 25.3 Å². The molecular formula is C16H27NO2. The Morgan fingerprint density at radius 1 is 1.58 bits per heavy atom. The average molecular weight is 265 g/mol. The van der Waals surface area contributed by atoms with Crippen LogP contribution in [0.2, 0.25) is 0 Å². The Labute approximate surface area is 116 Å². The molecule has 1 heterocycles. The van der Waals surface area contributed by atoms with E-state index in [0.717, 1.165) is 37.5 Å². The van der Waals surface area contributed by atoms with Crippen LogP contribution in [0.3, 0.4) is 0 Å². The van der Waals surface area contributed by atoms with E-state index in [-0.39, 0.29) is 5.60 Å². The van der Waals surface area contributed by atoms with E-state index in [1.54, 1.807) is 6.26 Å². The van der Waals surface area contributed by atoms with E-state index in [4.69, 9.17) is 9.15 Å². The van der Waals surface area contributed by atoms with E-state index < -0.39 is 0 Å². The molecule has 108 valence electrons. The van der Waals surface area contributed by atoms with Crippen LogP contribution in [0.4, 0.5) is 0 Å². The maximum atomic E-state index is 6.24. The first-order valence-corrected chi connectivity index (χ1v) is 7.54. The lowest BCUT2D eigenvalue weighted by Crippen LogP contribution is -2.55. The van der Waals surface area contributed by atoms with Gasteiger partial charge in [0, 0.05) is 19.1 Å². The third-order valence-electron chi connectivity index (χ3n) is 4.39. The third-order valence-corrected chi connectivity index (χ3v) is 4.39. The molecule has 3 heteroatoms. The first kappa shape index (κ1) is 14.6. The van der Waals surface area contributed by atoms with Gasteiger partial charge in [-0.15, -0.1) is 0 Å². The maximum absolute atomic E-state index is 6.24. The lowest BCUT2D eigenvalue weighted by Gasteiger charge is -2.45. The lowest BCUT2D eigenvalue weighted by molar-refractivity contribution is -0.0995. The van der Waals surface area contributed by atoms with Gasteiger partial charge in [-0.2, -0.15) is 0 Å². The zero-order chi connectivity index (χ0) is 13.7. The summed E-state index contributed by atoms with van der Waals surface area (Å²) in [5.74, 6) is 1.78. The van der Waals surface area contributed by atoms with Crippen LogP contribution in [0.5, 0.6) is 0 Å². The number of furan rings is 1. The maximum Gasteiger partial charge on any atom is 0.105 e. The zero-order valence-corrected chi connectivity index (χ0v) is 12.4. The third kappa shape index (κ3) is 3.40. The molecule has 0 radical (unpaired) electrons. The van der Waals surface area contributed by atoms with E-state index in [1.807, 2.05) is 13.1 Å². The molecule has 3 nitrogen and oxygen atoms in total. The molecule has 0 aromatic carbocycles. The standard InChI is InChI=1S/C16H27NO2/c1-4-19-16(9-5-7-13(2)12-16)15(17-3)11-14-8-6-10-18-14/h6,8,10,13,15,17H,4-5,7,9,11-12H2,1-3H3. The van der Waals surface area contributed by atoms with Crippen LogP contribution >= 0.6 is 0 Å². The molecule has 1 saturated carbocycles. The number of hydrogen-bond acceptors (Lipinski definition) is 3. The van der Waals surface area contributed by atoms with Crippen molar-refractivity contribution < 1.29 is 9.15 Å².